The number of benzene rings is 2. The van der Waals surface area contributed by atoms with Crippen molar-refractivity contribution in [1.29, 1.82) is 0 Å². The van der Waals surface area contributed by atoms with Gasteiger partial charge in [0.15, 0.2) is 0 Å². The van der Waals surface area contributed by atoms with Crippen molar-refractivity contribution >= 4 is 5.91 Å². The zero-order chi connectivity index (χ0) is 22.7. The number of pyridine rings is 1. The van der Waals surface area contributed by atoms with Gasteiger partial charge in [-0.2, -0.15) is 0 Å². The van der Waals surface area contributed by atoms with Crippen LogP contribution in [0.25, 0.3) is 0 Å². The van der Waals surface area contributed by atoms with E-state index in [9.17, 15) is 4.79 Å². The Morgan fingerprint density at radius 3 is 2.58 bits per heavy atom. The zero-order valence-corrected chi connectivity index (χ0v) is 19.2. The lowest BCUT2D eigenvalue weighted by Gasteiger charge is -2.29. The third-order valence-electron chi connectivity index (χ3n) is 7.32. The van der Waals surface area contributed by atoms with Gasteiger partial charge in [0.25, 0.3) is 0 Å². The van der Waals surface area contributed by atoms with Gasteiger partial charge in [0, 0.05) is 51.0 Å². The normalized spacial score (nSPS) is 22.9. The standard InChI is InChI=1S/C28H31N3O2/c1-33-25-11-9-23(10-12-25)19-30-20-26(24-8-5-15-29-18-24)28(21-30)14-17-31(27(28)32)16-13-22-6-3-2-4-7-22/h2-12,15,18,26H,13-14,16-17,19-21H2,1H3/t26-,28+/m0/s1. The lowest BCUT2D eigenvalue weighted by Crippen LogP contribution is -2.40. The van der Waals surface area contributed by atoms with Gasteiger partial charge in [-0.3, -0.25) is 14.7 Å². The van der Waals surface area contributed by atoms with Crippen LogP contribution in [0.4, 0.5) is 0 Å². The molecule has 5 nitrogen and oxygen atoms in total. The van der Waals surface area contributed by atoms with Crippen molar-refractivity contribution in [3.63, 3.8) is 0 Å². The average Bonchev–Trinajstić information content (AvgIpc) is 3.39. The van der Waals surface area contributed by atoms with E-state index in [2.05, 4.69) is 57.2 Å². The van der Waals surface area contributed by atoms with Gasteiger partial charge in [0.1, 0.15) is 5.75 Å². The summed E-state index contributed by atoms with van der Waals surface area (Å²) in [4.78, 5) is 22.8. The molecule has 0 N–H and O–H groups in total. The van der Waals surface area contributed by atoms with Gasteiger partial charge in [0.05, 0.1) is 12.5 Å². The Bertz CT molecular complexity index is 1070. The fourth-order valence-electron chi connectivity index (χ4n) is 5.57. The first kappa shape index (κ1) is 21.7. The number of hydrogen-bond acceptors (Lipinski definition) is 4. The second kappa shape index (κ2) is 9.36. The molecule has 2 aromatic carbocycles. The van der Waals surface area contributed by atoms with E-state index in [4.69, 9.17) is 4.74 Å². The first-order valence-corrected chi connectivity index (χ1v) is 11.8. The molecule has 1 amide bonds. The first-order valence-electron chi connectivity index (χ1n) is 11.8. The molecule has 170 valence electrons. The van der Waals surface area contributed by atoms with E-state index in [0.717, 1.165) is 51.3 Å². The molecule has 1 aromatic heterocycles. The minimum atomic E-state index is -0.369. The molecular weight excluding hydrogens is 410 g/mol. The van der Waals surface area contributed by atoms with Crippen LogP contribution in [0.3, 0.4) is 0 Å². The Morgan fingerprint density at radius 1 is 1.03 bits per heavy atom. The minimum Gasteiger partial charge on any atom is -0.497 e. The van der Waals surface area contributed by atoms with Gasteiger partial charge < -0.3 is 9.64 Å². The van der Waals surface area contributed by atoms with Crippen molar-refractivity contribution in [2.75, 3.05) is 33.3 Å². The van der Waals surface area contributed by atoms with E-state index in [1.807, 2.05) is 36.7 Å². The number of aromatic nitrogens is 1. The molecule has 5 rings (SSSR count). The molecule has 0 saturated carbocycles. The molecular formula is C28H31N3O2. The predicted molar refractivity (Wildman–Crippen MR) is 129 cm³/mol. The van der Waals surface area contributed by atoms with Crippen LogP contribution in [0.2, 0.25) is 0 Å². The van der Waals surface area contributed by atoms with E-state index in [-0.39, 0.29) is 11.3 Å². The monoisotopic (exact) mass is 441 g/mol. The van der Waals surface area contributed by atoms with E-state index >= 15 is 0 Å². The summed E-state index contributed by atoms with van der Waals surface area (Å²) in [6.07, 6.45) is 5.56. The second-order valence-corrected chi connectivity index (χ2v) is 9.29. The molecule has 1 spiro atoms. The zero-order valence-electron chi connectivity index (χ0n) is 19.2. The summed E-state index contributed by atoms with van der Waals surface area (Å²) in [5, 5.41) is 0. The third-order valence-corrected chi connectivity index (χ3v) is 7.32. The van der Waals surface area contributed by atoms with Crippen LogP contribution in [0.1, 0.15) is 29.0 Å². The van der Waals surface area contributed by atoms with E-state index in [1.165, 1.54) is 16.7 Å². The summed E-state index contributed by atoms with van der Waals surface area (Å²) in [5.74, 6) is 1.34. The quantitative estimate of drug-likeness (QED) is 0.553. The van der Waals surface area contributed by atoms with Crippen LogP contribution in [0, 0.1) is 5.41 Å². The molecule has 2 atom stereocenters. The number of hydrogen-bond donors (Lipinski definition) is 0. The van der Waals surface area contributed by atoms with Crippen LogP contribution >= 0.6 is 0 Å². The average molecular weight is 442 g/mol. The smallest absolute Gasteiger partial charge is 0.230 e. The van der Waals surface area contributed by atoms with Crippen LogP contribution in [0.15, 0.2) is 79.1 Å². The topological polar surface area (TPSA) is 45.7 Å². The van der Waals surface area contributed by atoms with Gasteiger partial charge in [-0.25, -0.2) is 0 Å². The molecule has 0 unspecified atom stereocenters. The number of carbonyl (C=O) groups excluding carboxylic acids is 1. The molecule has 3 aromatic rings. The lowest BCUT2D eigenvalue weighted by atomic mass is 9.73. The molecule has 2 fully saturated rings. The summed E-state index contributed by atoms with van der Waals surface area (Å²) in [6.45, 7) is 4.11. The minimum absolute atomic E-state index is 0.165. The van der Waals surface area contributed by atoms with Gasteiger partial charge in [-0.15, -0.1) is 0 Å². The van der Waals surface area contributed by atoms with Crippen molar-refractivity contribution in [2.24, 2.45) is 5.41 Å². The highest BCUT2D eigenvalue weighted by Crippen LogP contribution is 2.50. The maximum absolute atomic E-state index is 13.9. The van der Waals surface area contributed by atoms with Gasteiger partial charge in [0.2, 0.25) is 5.91 Å². The second-order valence-electron chi connectivity index (χ2n) is 9.29. The number of amides is 1. The van der Waals surface area contributed by atoms with Crippen molar-refractivity contribution in [3.05, 3.63) is 95.8 Å². The first-order chi connectivity index (χ1) is 16.2. The van der Waals surface area contributed by atoms with Crippen molar-refractivity contribution < 1.29 is 9.53 Å². The van der Waals surface area contributed by atoms with Crippen molar-refractivity contribution in [2.45, 2.75) is 25.3 Å². The Morgan fingerprint density at radius 2 is 1.85 bits per heavy atom. The number of nitrogens with zero attached hydrogens (tertiary/aromatic N) is 3. The Hall–Kier alpha value is -3.18. The number of carbonyl (C=O) groups is 1. The van der Waals surface area contributed by atoms with Gasteiger partial charge in [-0.1, -0.05) is 48.5 Å². The summed E-state index contributed by atoms with van der Waals surface area (Å²) in [5.41, 5.74) is 3.33. The molecule has 2 aliphatic heterocycles. The molecule has 0 radical (unpaired) electrons. The summed E-state index contributed by atoms with van der Waals surface area (Å²) >= 11 is 0. The third kappa shape index (κ3) is 4.38. The largest absolute Gasteiger partial charge is 0.497 e. The molecule has 3 heterocycles. The van der Waals surface area contributed by atoms with Crippen molar-refractivity contribution in [1.82, 2.24) is 14.8 Å². The lowest BCUT2D eigenvalue weighted by molar-refractivity contribution is -0.136. The number of likely N-dealkylation sites (tertiary alicyclic amines) is 2. The summed E-state index contributed by atoms with van der Waals surface area (Å²) in [7, 11) is 1.69. The fourth-order valence-corrected chi connectivity index (χ4v) is 5.57. The maximum Gasteiger partial charge on any atom is 0.230 e. The molecule has 5 heteroatoms. The summed E-state index contributed by atoms with van der Waals surface area (Å²) < 4.78 is 5.30. The highest BCUT2D eigenvalue weighted by Gasteiger charge is 2.56. The molecule has 0 aliphatic carbocycles. The van der Waals surface area contributed by atoms with E-state index < -0.39 is 0 Å². The summed E-state index contributed by atoms with van der Waals surface area (Å²) in [6, 6.07) is 22.8. The van der Waals surface area contributed by atoms with Crippen molar-refractivity contribution in [3.8, 4) is 5.75 Å². The van der Waals surface area contributed by atoms with E-state index in [0.29, 0.717) is 5.91 Å². The molecule has 33 heavy (non-hydrogen) atoms. The molecule has 0 bridgehead atoms. The highest BCUT2D eigenvalue weighted by atomic mass is 16.5. The fraction of sp³-hybridized carbons (Fsp3) is 0.357. The van der Waals surface area contributed by atoms with Crippen LogP contribution in [-0.4, -0.2) is 54.0 Å². The number of methoxy groups -OCH3 is 1. The highest BCUT2D eigenvalue weighted by molar-refractivity contribution is 5.87. The Balaban J connectivity index is 1.35. The van der Waals surface area contributed by atoms with Crippen LogP contribution in [-0.2, 0) is 17.8 Å². The van der Waals surface area contributed by atoms with E-state index in [1.54, 1.807) is 7.11 Å². The van der Waals surface area contributed by atoms with Gasteiger partial charge in [-0.05, 0) is 47.7 Å². The van der Waals surface area contributed by atoms with Crippen LogP contribution in [0.5, 0.6) is 5.75 Å². The maximum atomic E-state index is 13.9. The predicted octanol–water partition coefficient (Wildman–Crippen LogP) is 4.15. The number of rotatable bonds is 7. The SMILES string of the molecule is COc1ccc(CN2C[C@@H](c3cccnc3)[C@@]3(CCN(CCc4ccccc4)C3=O)C2)cc1. The Labute approximate surface area is 196 Å². The molecule has 2 saturated heterocycles. The van der Waals surface area contributed by atoms with Gasteiger partial charge >= 0.3 is 0 Å². The van der Waals surface area contributed by atoms with Crippen LogP contribution < -0.4 is 4.74 Å². The Kier molecular flexibility index (Phi) is 6.14. The number of ether oxygens (including phenoxy) is 1. The molecule has 2 aliphatic rings.